The summed E-state index contributed by atoms with van der Waals surface area (Å²) in [6, 6.07) is 12.5. The standard InChI is InChI=1S/C15H15N3S2/c16-18-13(12-6-7-19-9-12)8-15-17-14(10-20-15)11-4-2-1-3-5-11/h1-7,9-10,13,18H,8,16H2. The van der Waals surface area contributed by atoms with Gasteiger partial charge in [-0.3, -0.25) is 11.3 Å². The Hall–Kier alpha value is -1.53. The molecule has 0 radical (unpaired) electrons. The molecule has 3 rings (SSSR count). The molecule has 0 saturated carbocycles. The number of aromatic nitrogens is 1. The molecule has 1 aromatic carbocycles. The molecule has 20 heavy (non-hydrogen) atoms. The van der Waals surface area contributed by atoms with Crippen molar-refractivity contribution < 1.29 is 0 Å². The fraction of sp³-hybridized carbons (Fsp3) is 0.133. The van der Waals surface area contributed by atoms with E-state index in [1.54, 1.807) is 22.7 Å². The van der Waals surface area contributed by atoms with Crippen LogP contribution in [0.2, 0.25) is 0 Å². The lowest BCUT2D eigenvalue weighted by atomic mass is 10.1. The molecule has 0 amide bonds. The van der Waals surface area contributed by atoms with Crippen LogP contribution in [0.4, 0.5) is 0 Å². The summed E-state index contributed by atoms with van der Waals surface area (Å²) in [5.41, 5.74) is 6.28. The van der Waals surface area contributed by atoms with Crippen LogP contribution in [0, 0.1) is 0 Å². The summed E-state index contributed by atoms with van der Waals surface area (Å²) >= 11 is 3.37. The van der Waals surface area contributed by atoms with E-state index < -0.39 is 0 Å². The third-order valence-electron chi connectivity index (χ3n) is 3.15. The molecule has 2 aromatic heterocycles. The van der Waals surface area contributed by atoms with Crippen molar-refractivity contribution in [2.24, 2.45) is 5.84 Å². The van der Waals surface area contributed by atoms with E-state index >= 15 is 0 Å². The molecular weight excluding hydrogens is 286 g/mol. The number of nitrogens with two attached hydrogens (primary N) is 1. The van der Waals surface area contributed by atoms with Gasteiger partial charge >= 0.3 is 0 Å². The molecule has 1 atom stereocenters. The minimum absolute atomic E-state index is 0.121. The van der Waals surface area contributed by atoms with E-state index in [0.717, 1.165) is 22.7 Å². The van der Waals surface area contributed by atoms with Crippen molar-refractivity contribution in [3.8, 4) is 11.3 Å². The number of nitrogens with zero attached hydrogens (tertiary/aromatic N) is 1. The van der Waals surface area contributed by atoms with Gasteiger partial charge in [0, 0.05) is 17.4 Å². The zero-order valence-electron chi connectivity index (χ0n) is 10.8. The number of thiazole rings is 1. The fourth-order valence-electron chi connectivity index (χ4n) is 2.07. The van der Waals surface area contributed by atoms with E-state index in [4.69, 9.17) is 10.8 Å². The van der Waals surface area contributed by atoms with E-state index in [1.165, 1.54) is 5.56 Å². The zero-order chi connectivity index (χ0) is 13.8. The van der Waals surface area contributed by atoms with Gasteiger partial charge in [-0.05, 0) is 22.4 Å². The van der Waals surface area contributed by atoms with Crippen LogP contribution in [0.5, 0.6) is 0 Å². The minimum Gasteiger partial charge on any atom is -0.271 e. The van der Waals surface area contributed by atoms with Crippen LogP contribution in [0.15, 0.2) is 52.5 Å². The average molecular weight is 301 g/mol. The van der Waals surface area contributed by atoms with Gasteiger partial charge in [0.05, 0.1) is 16.7 Å². The number of thiophene rings is 1. The highest BCUT2D eigenvalue weighted by molar-refractivity contribution is 7.10. The Morgan fingerprint density at radius 2 is 2.00 bits per heavy atom. The number of benzene rings is 1. The van der Waals surface area contributed by atoms with Gasteiger partial charge in [0.2, 0.25) is 0 Å². The predicted molar refractivity (Wildman–Crippen MR) is 85.6 cm³/mol. The molecule has 102 valence electrons. The summed E-state index contributed by atoms with van der Waals surface area (Å²) in [6.07, 6.45) is 0.810. The van der Waals surface area contributed by atoms with Crippen molar-refractivity contribution in [2.45, 2.75) is 12.5 Å². The SMILES string of the molecule is NNC(Cc1nc(-c2ccccc2)cs1)c1ccsc1. The molecule has 0 spiro atoms. The molecule has 5 heteroatoms. The second kappa shape index (κ2) is 6.28. The van der Waals surface area contributed by atoms with Gasteiger partial charge < -0.3 is 0 Å². The largest absolute Gasteiger partial charge is 0.271 e. The lowest BCUT2D eigenvalue weighted by molar-refractivity contribution is 0.552. The first kappa shape index (κ1) is 13.5. The maximum Gasteiger partial charge on any atom is 0.0952 e. The molecular formula is C15H15N3S2. The predicted octanol–water partition coefficient (Wildman–Crippen LogP) is 3.62. The van der Waals surface area contributed by atoms with Crippen molar-refractivity contribution in [3.63, 3.8) is 0 Å². The number of hydrogen-bond acceptors (Lipinski definition) is 5. The Bertz CT molecular complexity index is 647. The van der Waals surface area contributed by atoms with Crippen LogP contribution in [-0.2, 0) is 6.42 Å². The average Bonchev–Trinajstić information content (AvgIpc) is 3.17. The Balaban J connectivity index is 1.77. The Morgan fingerprint density at radius 1 is 1.15 bits per heavy atom. The summed E-state index contributed by atoms with van der Waals surface area (Å²) in [7, 11) is 0. The number of hydrazine groups is 1. The maximum absolute atomic E-state index is 5.66. The molecule has 0 bridgehead atoms. The van der Waals surface area contributed by atoms with Crippen LogP contribution in [0.1, 0.15) is 16.6 Å². The van der Waals surface area contributed by atoms with Crippen LogP contribution < -0.4 is 11.3 Å². The van der Waals surface area contributed by atoms with E-state index in [9.17, 15) is 0 Å². The molecule has 3 nitrogen and oxygen atoms in total. The maximum atomic E-state index is 5.66. The summed E-state index contributed by atoms with van der Waals surface area (Å²) in [5.74, 6) is 5.66. The van der Waals surface area contributed by atoms with Gasteiger partial charge in [-0.15, -0.1) is 11.3 Å². The van der Waals surface area contributed by atoms with Crippen molar-refractivity contribution in [2.75, 3.05) is 0 Å². The van der Waals surface area contributed by atoms with Gasteiger partial charge in [-0.25, -0.2) is 4.98 Å². The number of hydrogen-bond donors (Lipinski definition) is 2. The lowest BCUT2D eigenvalue weighted by Crippen LogP contribution is -2.29. The normalized spacial score (nSPS) is 12.4. The second-order valence-electron chi connectivity index (χ2n) is 4.47. The molecule has 0 aliphatic heterocycles. The number of nitrogens with one attached hydrogen (secondary N) is 1. The van der Waals surface area contributed by atoms with Crippen LogP contribution in [0.3, 0.4) is 0 Å². The first-order valence-electron chi connectivity index (χ1n) is 6.35. The third-order valence-corrected chi connectivity index (χ3v) is 4.72. The molecule has 3 N–H and O–H groups in total. The highest BCUT2D eigenvalue weighted by atomic mass is 32.1. The monoisotopic (exact) mass is 301 g/mol. The Kier molecular flexibility index (Phi) is 4.22. The Labute approximate surface area is 126 Å². The molecule has 2 heterocycles. The summed E-state index contributed by atoms with van der Waals surface area (Å²) in [4.78, 5) is 4.70. The highest BCUT2D eigenvalue weighted by Crippen LogP contribution is 2.26. The van der Waals surface area contributed by atoms with Crippen LogP contribution in [-0.4, -0.2) is 4.98 Å². The first-order valence-corrected chi connectivity index (χ1v) is 8.17. The van der Waals surface area contributed by atoms with Crippen LogP contribution in [0.25, 0.3) is 11.3 Å². The smallest absolute Gasteiger partial charge is 0.0952 e. The Morgan fingerprint density at radius 3 is 2.70 bits per heavy atom. The quantitative estimate of drug-likeness (QED) is 0.559. The summed E-state index contributed by atoms with van der Waals surface area (Å²) in [6.45, 7) is 0. The van der Waals surface area contributed by atoms with Crippen molar-refractivity contribution in [1.29, 1.82) is 0 Å². The van der Waals surface area contributed by atoms with Gasteiger partial charge in [-0.2, -0.15) is 11.3 Å². The van der Waals surface area contributed by atoms with E-state index in [1.807, 2.05) is 18.2 Å². The van der Waals surface area contributed by atoms with Crippen molar-refractivity contribution in [1.82, 2.24) is 10.4 Å². The molecule has 0 saturated heterocycles. The minimum atomic E-state index is 0.121. The van der Waals surface area contributed by atoms with E-state index in [0.29, 0.717) is 0 Å². The molecule has 0 aliphatic carbocycles. The molecule has 1 unspecified atom stereocenters. The second-order valence-corrected chi connectivity index (χ2v) is 6.20. The lowest BCUT2D eigenvalue weighted by Gasteiger charge is -2.12. The van der Waals surface area contributed by atoms with Gasteiger partial charge in [0.25, 0.3) is 0 Å². The zero-order valence-corrected chi connectivity index (χ0v) is 12.5. The van der Waals surface area contributed by atoms with Crippen LogP contribution >= 0.6 is 22.7 Å². The van der Waals surface area contributed by atoms with Gasteiger partial charge in [0.15, 0.2) is 0 Å². The fourth-order valence-corrected chi connectivity index (χ4v) is 3.63. The van der Waals surface area contributed by atoms with E-state index in [2.05, 4.69) is 39.8 Å². The van der Waals surface area contributed by atoms with Crippen molar-refractivity contribution in [3.05, 3.63) is 63.1 Å². The molecule has 0 fully saturated rings. The number of rotatable bonds is 5. The summed E-state index contributed by atoms with van der Waals surface area (Å²) in [5, 5.41) is 7.39. The van der Waals surface area contributed by atoms with Crippen molar-refractivity contribution >= 4 is 22.7 Å². The first-order chi connectivity index (χ1) is 9.86. The van der Waals surface area contributed by atoms with Gasteiger partial charge in [0.1, 0.15) is 0 Å². The third kappa shape index (κ3) is 2.96. The van der Waals surface area contributed by atoms with E-state index in [-0.39, 0.29) is 6.04 Å². The van der Waals surface area contributed by atoms with Gasteiger partial charge in [-0.1, -0.05) is 30.3 Å². The molecule has 0 aliphatic rings. The topological polar surface area (TPSA) is 50.9 Å². The molecule has 3 aromatic rings. The summed E-state index contributed by atoms with van der Waals surface area (Å²) < 4.78 is 0. The highest BCUT2D eigenvalue weighted by Gasteiger charge is 2.13.